The van der Waals surface area contributed by atoms with Crippen LogP contribution >= 0.6 is 0 Å². The second kappa shape index (κ2) is 5.11. The Morgan fingerprint density at radius 3 is 2.73 bits per heavy atom. The molecule has 0 aromatic heterocycles. The summed E-state index contributed by atoms with van der Waals surface area (Å²) in [6.45, 7) is 3.09. The predicted octanol–water partition coefficient (Wildman–Crippen LogP) is -0.0825. The number of rotatable bonds is 3. The van der Waals surface area contributed by atoms with Crippen LogP contribution in [0.15, 0.2) is 0 Å². The van der Waals surface area contributed by atoms with Gasteiger partial charge in [-0.05, 0) is 26.3 Å². The van der Waals surface area contributed by atoms with Gasteiger partial charge >= 0.3 is 5.97 Å². The van der Waals surface area contributed by atoms with Gasteiger partial charge in [-0.3, -0.25) is 14.5 Å². The second-order valence-corrected chi connectivity index (χ2v) is 3.96. The first-order valence-electron chi connectivity index (χ1n) is 5.24. The lowest BCUT2D eigenvalue weighted by atomic mass is 9.97. The maximum atomic E-state index is 11.4. The molecule has 0 aliphatic carbocycles. The summed E-state index contributed by atoms with van der Waals surface area (Å²) < 4.78 is 0. The summed E-state index contributed by atoms with van der Waals surface area (Å²) in [6.07, 6.45) is 1.56. The van der Waals surface area contributed by atoms with Crippen molar-refractivity contribution in [2.24, 2.45) is 5.92 Å². The molecular weight excluding hydrogens is 196 g/mol. The van der Waals surface area contributed by atoms with E-state index in [9.17, 15) is 9.59 Å². The van der Waals surface area contributed by atoms with Crippen LogP contribution in [-0.2, 0) is 9.59 Å². The number of likely N-dealkylation sites (N-methyl/N-ethyl adjacent to an activating group) is 1. The van der Waals surface area contributed by atoms with Gasteiger partial charge in [-0.2, -0.15) is 0 Å². The Bertz CT molecular complexity index is 255. The second-order valence-electron chi connectivity index (χ2n) is 3.96. The average Bonchev–Trinajstić information content (AvgIpc) is 2.27. The number of aliphatic carboxylic acids is 1. The van der Waals surface area contributed by atoms with Crippen molar-refractivity contribution < 1.29 is 14.7 Å². The molecule has 1 rings (SSSR count). The molecule has 1 amide bonds. The molecule has 5 heteroatoms. The molecule has 2 atom stereocenters. The van der Waals surface area contributed by atoms with Crippen LogP contribution in [0.1, 0.15) is 19.8 Å². The number of carbonyl (C=O) groups is 2. The average molecular weight is 214 g/mol. The van der Waals surface area contributed by atoms with E-state index in [2.05, 4.69) is 5.32 Å². The lowest BCUT2D eigenvalue weighted by Gasteiger charge is -2.34. The quantitative estimate of drug-likeness (QED) is 0.689. The summed E-state index contributed by atoms with van der Waals surface area (Å²) in [5, 5.41) is 11.5. The number of nitrogens with one attached hydrogen (secondary N) is 1. The largest absolute Gasteiger partial charge is 0.481 e. The minimum absolute atomic E-state index is 0.0546. The zero-order valence-corrected chi connectivity index (χ0v) is 9.19. The van der Waals surface area contributed by atoms with E-state index >= 15 is 0 Å². The fraction of sp³-hybridized carbons (Fsp3) is 0.800. The zero-order chi connectivity index (χ0) is 11.4. The van der Waals surface area contributed by atoms with Gasteiger partial charge < -0.3 is 10.4 Å². The van der Waals surface area contributed by atoms with Crippen molar-refractivity contribution in [2.45, 2.75) is 25.8 Å². The van der Waals surface area contributed by atoms with Crippen molar-refractivity contribution in [1.29, 1.82) is 0 Å². The molecule has 0 radical (unpaired) electrons. The molecule has 1 saturated heterocycles. The molecule has 1 heterocycles. The molecule has 0 aromatic carbocycles. The van der Waals surface area contributed by atoms with Crippen LogP contribution < -0.4 is 5.32 Å². The Balaban J connectivity index is 2.55. The molecule has 1 aliphatic heterocycles. The topological polar surface area (TPSA) is 69.6 Å². The Morgan fingerprint density at radius 1 is 1.53 bits per heavy atom. The van der Waals surface area contributed by atoms with Crippen molar-refractivity contribution in [3.8, 4) is 0 Å². The lowest BCUT2D eigenvalue weighted by molar-refractivity contribution is -0.145. The molecule has 2 N–H and O–H groups in total. The van der Waals surface area contributed by atoms with Gasteiger partial charge in [-0.1, -0.05) is 0 Å². The number of piperidine rings is 1. The minimum Gasteiger partial charge on any atom is -0.481 e. The summed E-state index contributed by atoms with van der Waals surface area (Å²) in [7, 11) is 1.59. The summed E-state index contributed by atoms with van der Waals surface area (Å²) in [5.41, 5.74) is 0. The van der Waals surface area contributed by atoms with Gasteiger partial charge in [0.25, 0.3) is 0 Å². The molecule has 0 bridgehead atoms. The standard InChI is InChI=1S/C10H18N2O3/c1-7(9(13)11-2)12-5-3-4-8(6-12)10(14)15/h7-8H,3-6H2,1-2H3,(H,11,13)(H,14,15). The van der Waals surface area contributed by atoms with E-state index in [1.54, 1.807) is 7.05 Å². The van der Waals surface area contributed by atoms with E-state index < -0.39 is 5.97 Å². The van der Waals surface area contributed by atoms with Crippen LogP contribution in [0, 0.1) is 5.92 Å². The monoisotopic (exact) mass is 214 g/mol. The van der Waals surface area contributed by atoms with E-state index in [1.165, 1.54) is 0 Å². The van der Waals surface area contributed by atoms with Gasteiger partial charge in [0.05, 0.1) is 12.0 Å². The highest BCUT2D eigenvalue weighted by Gasteiger charge is 2.30. The van der Waals surface area contributed by atoms with Crippen molar-refractivity contribution in [3.63, 3.8) is 0 Å². The molecule has 15 heavy (non-hydrogen) atoms. The third-order valence-electron chi connectivity index (χ3n) is 2.98. The van der Waals surface area contributed by atoms with Crippen LogP contribution in [0.3, 0.4) is 0 Å². The first-order chi connectivity index (χ1) is 7.06. The fourth-order valence-corrected chi connectivity index (χ4v) is 1.93. The van der Waals surface area contributed by atoms with Crippen molar-refractivity contribution in [2.75, 3.05) is 20.1 Å². The van der Waals surface area contributed by atoms with Gasteiger partial charge in [0, 0.05) is 13.6 Å². The fourth-order valence-electron chi connectivity index (χ4n) is 1.93. The lowest BCUT2D eigenvalue weighted by Crippen LogP contribution is -2.49. The Morgan fingerprint density at radius 2 is 2.20 bits per heavy atom. The highest BCUT2D eigenvalue weighted by molar-refractivity contribution is 5.81. The van der Waals surface area contributed by atoms with Gasteiger partial charge in [0.15, 0.2) is 0 Å². The van der Waals surface area contributed by atoms with Crippen LogP contribution in [0.2, 0.25) is 0 Å². The molecule has 5 nitrogen and oxygen atoms in total. The third-order valence-corrected chi connectivity index (χ3v) is 2.98. The van der Waals surface area contributed by atoms with E-state index in [0.717, 1.165) is 13.0 Å². The number of nitrogens with zero attached hydrogens (tertiary/aromatic N) is 1. The normalized spacial score (nSPS) is 24.5. The van der Waals surface area contributed by atoms with E-state index in [4.69, 9.17) is 5.11 Å². The third kappa shape index (κ3) is 2.92. The number of hydrogen-bond acceptors (Lipinski definition) is 3. The molecule has 1 aliphatic rings. The summed E-state index contributed by atoms with van der Waals surface area (Å²) >= 11 is 0. The van der Waals surface area contributed by atoms with Gasteiger partial charge in [-0.15, -0.1) is 0 Å². The zero-order valence-electron chi connectivity index (χ0n) is 9.19. The van der Waals surface area contributed by atoms with E-state index in [0.29, 0.717) is 13.0 Å². The van der Waals surface area contributed by atoms with Crippen molar-refractivity contribution in [1.82, 2.24) is 10.2 Å². The summed E-state index contributed by atoms with van der Waals surface area (Å²) in [5.74, 6) is -1.14. The highest BCUT2D eigenvalue weighted by Crippen LogP contribution is 2.18. The highest BCUT2D eigenvalue weighted by atomic mass is 16.4. The van der Waals surface area contributed by atoms with Gasteiger partial charge in [0.2, 0.25) is 5.91 Å². The van der Waals surface area contributed by atoms with Crippen molar-refractivity contribution >= 4 is 11.9 Å². The van der Waals surface area contributed by atoms with Crippen LogP contribution in [0.25, 0.3) is 0 Å². The smallest absolute Gasteiger partial charge is 0.307 e. The molecule has 1 fully saturated rings. The maximum absolute atomic E-state index is 11.4. The molecule has 2 unspecified atom stereocenters. The predicted molar refractivity (Wildman–Crippen MR) is 55.5 cm³/mol. The maximum Gasteiger partial charge on any atom is 0.307 e. The molecule has 0 aromatic rings. The Kier molecular flexibility index (Phi) is 4.08. The SMILES string of the molecule is CNC(=O)C(C)N1CCCC(C(=O)O)C1. The van der Waals surface area contributed by atoms with Gasteiger partial charge in [0.1, 0.15) is 0 Å². The number of hydrogen-bond donors (Lipinski definition) is 2. The van der Waals surface area contributed by atoms with E-state index in [1.807, 2.05) is 11.8 Å². The number of carboxylic acid groups (broad SMARTS) is 1. The van der Waals surface area contributed by atoms with Crippen LogP contribution in [0.5, 0.6) is 0 Å². The summed E-state index contributed by atoms with van der Waals surface area (Å²) in [4.78, 5) is 24.2. The Hall–Kier alpha value is -1.10. The number of amides is 1. The molecule has 86 valence electrons. The van der Waals surface area contributed by atoms with Gasteiger partial charge in [-0.25, -0.2) is 0 Å². The van der Waals surface area contributed by atoms with Crippen molar-refractivity contribution in [3.05, 3.63) is 0 Å². The van der Waals surface area contributed by atoms with Crippen LogP contribution in [-0.4, -0.2) is 48.1 Å². The van der Waals surface area contributed by atoms with Crippen LogP contribution in [0.4, 0.5) is 0 Å². The first-order valence-corrected chi connectivity index (χ1v) is 5.24. The van der Waals surface area contributed by atoms with E-state index in [-0.39, 0.29) is 17.9 Å². The number of carboxylic acids is 1. The first kappa shape index (κ1) is 12.0. The Labute approximate surface area is 89.4 Å². The number of likely N-dealkylation sites (tertiary alicyclic amines) is 1. The molecule has 0 spiro atoms. The number of carbonyl (C=O) groups excluding carboxylic acids is 1. The molecular formula is C10H18N2O3. The molecule has 0 saturated carbocycles. The summed E-state index contributed by atoms with van der Waals surface area (Å²) in [6, 6.07) is -0.239. The minimum atomic E-state index is -0.760.